The standard InChI is InChI=1S/C15H21ClN2O.ClH/c1-11(10-17)18-14(19)15(7-2-3-8-15)12-5-4-6-13(16)9-12;/h4-6,9,11H,2-3,7-8,10,17H2,1H3,(H,18,19);1H/t11-;/m0./s1. The molecule has 1 aliphatic carbocycles. The van der Waals surface area contributed by atoms with Crippen molar-refractivity contribution in [2.24, 2.45) is 5.73 Å². The van der Waals surface area contributed by atoms with Crippen molar-refractivity contribution in [3.8, 4) is 0 Å². The minimum Gasteiger partial charge on any atom is -0.352 e. The van der Waals surface area contributed by atoms with Crippen LogP contribution in [0.2, 0.25) is 5.02 Å². The SMILES string of the molecule is C[C@@H](CN)NC(=O)C1(c2cccc(Cl)c2)CCCC1.Cl. The van der Waals surface area contributed by atoms with Gasteiger partial charge in [0.05, 0.1) is 5.41 Å². The lowest BCUT2D eigenvalue weighted by Crippen LogP contribution is -2.48. The summed E-state index contributed by atoms with van der Waals surface area (Å²) in [6, 6.07) is 7.68. The van der Waals surface area contributed by atoms with Crippen molar-refractivity contribution in [1.82, 2.24) is 5.32 Å². The van der Waals surface area contributed by atoms with Gasteiger partial charge in [-0.2, -0.15) is 0 Å². The molecule has 0 saturated heterocycles. The van der Waals surface area contributed by atoms with Crippen LogP contribution in [0.1, 0.15) is 38.2 Å². The number of nitrogens with two attached hydrogens (primary N) is 1. The third kappa shape index (κ3) is 3.46. The molecule has 0 aliphatic heterocycles. The highest BCUT2D eigenvalue weighted by atomic mass is 35.5. The molecule has 1 fully saturated rings. The fraction of sp³-hybridized carbons (Fsp3) is 0.533. The number of carbonyl (C=O) groups is 1. The number of halogens is 2. The second kappa shape index (κ2) is 7.30. The van der Waals surface area contributed by atoms with Crippen LogP contribution in [-0.4, -0.2) is 18.5 Å². The highest BCUT2D eigenvalue weighted by Crippen LogP contribution is 2.42. The van der Waals surface area contributed by atoms with Gasteiger partial charge in [-0.3, -0.25) is 4.79 Å². The van der Waals surface area contributed by atoms with Gasteiger partial charge < -0.3 is 11.1 Å². The van der Waals surface area contributed by atoms with E-state index in [1.54, 1.807) is 0 Å². The van der Waals surface area contributed by atoms with Crippen LogP contribution < -0.4 is 11.1 Å². The number of hydrogen-bond donors (Lipinski definition) is 2. The molecule has 0 spiro atoms. The molecule has 2 rings (SSSR count). The van der Waals surface area contributed by atoms with Crippen LogP contribution in [0, 0.1) is 0 Å². The molecule has 5 heteroatoms. The second-order valence-corrected chi connectivity index (χ2v) is 5.85. The summed E-state index contributed by atoms with van der Waals surface area (Å²) in [4.78, 5) is 12.6. The largest absolute Gasteiger partial charge is 0.352 e. The summed E-state index contributed by atoms with van der Waals surface area (Å²) in [7, 11) is 0. The summed E-state index contributed by atoms with van der Waals surface area (Å²) >= 11 is 6.07. The predicted octanol–water partition coefficient (Wildman–Crippen LogP) is 3.04. The molecule has 112 valence electrons. The van der Waals surface area contributed by atoms with Crippen molar-refractivity contribution in [3.63, 3.8) is 0 Å². The van der Waals surface area contributed by atoms with E-state index in [1.807, 2.05) is 31.2 Å². The van der Waals surface area contributed by atoms with E-state index >= 15 is 0 Å². The summed E-state index contributed by atoms with van der Waals surface area (Å²) in [6.45, 7) is 2.38. The first-order valence-corrected chi connectivity index (χ1v) is 7.23. The lowest BCUT2D eigenvalue weighted by Gasteiger charge is -2.30. The molecule has 0 unspecified atom stereocenters. The Kier molecular flexibility index (Phi) is 6.31. The van der Waals surface area contributed by atoms with Gasteiger partial charge >= 0.3 is 0 Å². The van der Waals surface area contributed by atoms with E-state index in [4.69, 9.17) is 17.3 Å². The normalized spacial score (nSPS) is 18.1. The van der Waals surface area contributed by atoms with Crippen molar-refractivity contribution in [2.45, 2.75) is 44.1 Å². The van der Waals surface area contributed by atoms with Gasteiger partial charge in [-0.05, 0) is 37.5 Å². The van der Waals surface area contributed by atoms with E-state index in [0.29, 0.717) is 11.6 Å². The van der Waals surface area contributed by atoms with Gasteiger partial charge in [0.2, 0.25) is 5.91 Å². The minimum atomic E-state index is -0.422. The predicted molar refractivity (Wildman–Crippen MR) is 85.5 cm³/mol. The first-order valence-electron chi connectivity index (χ1n) is 6.85. The van der Waals surface area contributed by atoms with Crippen molar-refractivity contribution in [3.05, 3.63) is 34.9 Å². The fourth-order valence-electron chi connectivity index (χ4n) is 2.83. The molecule has 1 aliphatic rings. The second-order valence-electron chi connectivity index (χ2n) is 5.41. The Bertz CT molecular complexity index is 459. The number of rotatable bonds is 4. The highest BCUT2D eigenvalue weighted by Gasteiger charge is 2.42. The summed E-state index contributed by atoms with van der Waals surface area (Å²) in [6.07, 6.45) is 3.93. The fourth-order valence-corrected chi connectivity index (χ4v) is 3.02. The molecular formula is C15H22Cl2N2O. The zero-order valence-electron chi connectivity index (χ0n) is 11.7. The van der Waals surface area contributed by atoms with Crippen molar-refractivity contribution in [2.75, 3.05) is 6.54 Å². The average molecular weight is 317 g/mol. The highest BCUT2D eigenvalue weighted by molar-refractivity contribution is 6.30. The van der Waals surface area contributed by atoms with E-state index in [0.717, 1.165) is 31.2 Å². The Morgan fingerprint density at radius 2 is 2.10 bits per heavy atom. The van der Waals surface area contributed by atoms with E-state index in [9.17, 15) is 4.79 Å². The van der Waals surface area contributed by atoms with Crippen LogP contribution in [0.25, 0.3) is 0 Å². The molecular weight excluding hydrogens is 295 g/mol. The maximum absolute atomic E-state index is 12.6. The van der Waals surface area contributed by atoms with E-state index < -0.39 is 5.41 Å². The van der Waals surface area contributed by atoms with Gasteiger partial charge in [0.25, 0.3) is 0 Å². The van der Waals surface area contributed by atoms with Crippen molar-refractivity contribution < 1.29 is 4.79 Å². The van der Waals surface area contributed by atoms with Crippen molar-refractivity contribution >= 4 is 29.9 Å². The number of hydrogen-bond acceptors (Lipinski definition) is 2. The Balaban J connectivity index is 0.00000200. The molecule has 1 atom stereocenters. The quantitative estimate of drug-likeness (QED) is 0.897. The van der Waals surface area contributed by atoms with E-state index in [2.05, 4.69) is 5.32 Å². The van der Waals surface area contributed by atoms with Crippen LogP contribution in [-0.2, 0) is 10.2 Å². The Morgan fingerprint density at radius 3 is 2.65 bits per heavy atom. The summed E-state index contributed by atoms with van der Waals surface area (Å²) in [5.41, 5.74) is 6.19. The van der Waals surface area contributed by atoms with Gasteiger partial charge in [0.1, 0.15) is 0 Å². The van der Waals surface area contributed by atoms with Gasteiger partial charge in [-0.25, -0.2) is 0 Å². The van der Waals surface area contributed by atoms with Crippen LogP contribution in [0.4, 0.5) is 0 Å². The zero-order chi connectivity index (χ0) is 13.9. The number of carbonyl (C=O) groups excluding carboxylic acids is 1. The first kappa shape index (κ1) is 17.3. The lowest BCUT2D eigenvalue weighted by atomic mass is 9.78. The van der Waals surface area contributed by atoms with E-state index in [-0.39, 0.29) is 24.4 Å². The monoisotopic (exact) mass is 316 g/mol. The molecule has 0 radical (unpaired) electrons. The average Bonchev–Trinajstić information content (AvgIpc) is 2.89. The molecule has 20 heavy (non-hydrogen) atoms. The summed E-state index contributed by atoms with van der Waals surface area (Å²) in [5, 5.41) is 3.71. The molecule has 1 aromatic carbocycles. The lowest BCUT2D eigenvalue weighted by molar-refractivity contribution is -0.127. The molecule has 0 heterocycles. The Labute approximate surface area is 131 Å². The van der Waals surface area contributed by atoms with Crippen LogP contribution >= 0.6 is 24.0 Å². The van der Waals surface area contributed by atoms with Gasteiger partial charge in [0, 0.05) is 17.6 Å². The molecule has 1 saturated carbocycles. The summed E-state index contributed by atoms with van der Waals surface area (Å²) < 4.78 is 0. The van der Waals surface area contributed by atoms with E-state index in [1.165, 1.54) is 0 Å². The number of benzene rings is 1. The minimum absolute atomic E-state index is 0. The molecule has 1 amide bonds. The van der Waals surface area contributed by atoms with Crippen LogP contribution in [0.15, 0.2) is 24.3 Å². The van der Waals surface area contributed by atoms with Gasteiger partial charge in [-0.1, -0.05) is 36.6 Å². The smallest absolute Gasteiger partial charge is 0.230 e. The maximum Gasteiger partial charge on any atom is 0.230 e. The maximum atomic E-state index is 12.6. The first-order chi connectivity index (χ1) is 9.08. The topological polar surface area (TPSA) is 55.1 Å². The van der Waals surface area contributed by atoms with Gasteiger partial charge in [-0.15, -0.1) is 12.4 Å². The Morgan fingerprint density at radius 1 is 1.45 bits per heavy atom. The van der Waals surface area contributed by atoms with Crippen molar-refractivity contribution in [1.29, 1.82) is 0 Å². The summed E-state index contributed by atoms with van der Waals surface area (Å²) in [5.74, 6) is 0.0882. The number of amides is 1. The van der Waals surface area contributed by atoms with Crippen LogP contribution in [0.3, 0.4) is 0 Å². The number of nitrogens with one attached hydrogen (secondary N) is 1. The van der Waals surface area contributed by atoms with Gasteiger partial charge in [0.15, 0.2) is 0 Å². The molecule has 3 N–H and O–H groups in total. The molecule has 1 aromatic rings. The Hall–Kier alpha value is -0.770. The zero-order valence-corrected chi connectivity index (χ0v) is 13.3. The molecule has 0 bridgehead atoms. The molecule has 3 nitrogen and oxygen atoms in total. The van der Waals surface area contributed by atoms with Crippen LogP contribution in [0.5, 0.6) is 0 Å². The molecule has 0 aromatic heterocycles. The third-order valence-corrected chi connectivity index (χ3v) is 4.24. The third-order valence-electron chi connectivity index (χ3n) is 4.00.